The molecule has 1 unspecified atom stereocenters. The van der Waals surface area contributed by atoms with Crippen LogP contribution in [0, 0.1) is 39.0 Å². The van der Waals surface area contributed by atoms with Crippen molar-refractivity contribution in [1.82, 2.24) is 4.57 Å². The minimum absolute atomic E-state index is 0.0735. The molecule has 0 spiro atoms. The molecule has 1 aliphatic heterocycles. The van der Waals surface area contributed by atoms with Gasteiger partial charge >= 0.3 is 12.4 Å². The van der Waals surface area contributed by atoms with Crippen LogP contribution in [0.15, 0.2) is 200 Å². The summed E-state index contributed by atoms with van der Waals surface area (Å²) < 4.78 is 93.0. The molecule has 0 amide bonds. The Morgan fingerprint density at radius 2 is 0.883 bits per heavy atom. The molecule has 0 aliphatic carbocycles. The van der Waals surface area contributed by atoms with E-state index in [4.69, 9.17) is 0 Å². The third-order valence-electron chi connectivity index (χ3n) is 14.7. The lowest BCUT2D eigenvalue weighted by Crippen LogP contribution is -2.28. The zero-order chi connectivity index (χ0) is 53.9. The Labute approximate surface area is 443 Å². The van der Waals surface area contributed by atoms with Crippen molar-refractivity contribution in [2.24, 2.45) is 0 Å². The highest BCUT2D eigenvalue weighted by molar-refractivity contribution is 6.12. The van der Waals surface area contributed by atoms with Crippen molar-refractivity contribution in [2.45, 2.75) is 59.4 Å². The standard InChI is InChI=1S/C68H51F6N3/c1-41-6-15-47(16-7-41)48-23-14-45(5)76(61-29-26-52(34-55(61)25-24-48)49-17-8-42(2)9-18-49)64-32-46(40-75)33-65(66(64)56-35-57(67(69,70)71)39-58(36-56)68(72,73)74)77-62-30-27-53(50-19-10-43(3)11-20-50)37-59(62)60-38-54(28-31-63(60)77)51-21-12-44(4)13-22-51/h6-24,26-39,45H,25H2,1-5H3/b23-14-,48-24+. The number of aromatic nitrogens is 1. The van der Waals surface area contributed by atoms with Crippen molar-refractivity contribution < 1.29 is 26.3 Å². The SMILES string of the molecule is Cc1ccc(C2=C/Cc3cc(-c4ccc(C)cc4)ccc3N(c3cc(C#N)cc(-n4c5ccc(-c6ccc(C)cc6)cc5c5cc(-c6ccc(C)cc6)ccc54)c3-c3cc(C(F)(F)F)cc(C(F)(F)F)c3)C(C)/C=C\2)cc1. The lowest BCUT2D eigenvalue weighted by atomic mass is 9.92. The van der Waals surface area contributed by atoms with Crippen LogP contribution in [0.2, 0.25) is 0 Å². The molecule has 3 nitrogen and oxygen atoms in total. The van der Waals surface area contributed by atoms with Crippen molar-refractivity contribution in [1.29, 1.82) is 5.26 Å². The van der Waals surface area contributed by atoms with Crippen LogP contribution in [-0.2, 0) is 18.8 Å². The Kier molecular flexibility index (Phi) is 12.9. The lowest BCUT2D eigenvalue weighted by Gasteiger charge is -2.35. The highest BCUT2D eigenvalue weighted by Gasteiger charge is 2.38. The van der Waals surface area contributed by atoms with Gasteiger partial charge < -0.3 is 9.47 Å². The number of fused-ring (bicyclic) bond motifs is 4. The molecule has 0 N–H and O–H groups in total. The van der Waals surface area contributed by atoms with Gasteiger partial charge in [-0.2, -0.15) is 31.6 Å². The van der Waals surface area contributed by atoms with Gasteiger partial charge in [0.1, 0.15) is 0 Å². The number of alkyl halides is 6. The summed E-state index contributed by atoms with van der Waals surface area (Å²) in [5, 5.41) is 12.7. The molecule has 0 radical (unpaired) electrons. The number of hydrogen-bond donors (Lipinski definition) is 0. The first-order valence-electron chi connectivity index (χ1n) is 25.5. The maximum Gasteiger partial charge on any atom is 0.416 e. The van der Waals surface area contributed by atoms with Crippen molar-refractivity contribution >= 4 is 38.8 Å². The van der Waals surface area contributed by atoms with Crippen LogP contribution >= 0.6 is 0 Å². The molecule has 1 aliphatic rings. The molecule has 380 valence electrons. The van der Waals surface area contributed by atoms with Crippen molar-refractivity contribution in [3.8, 4) is 56.3 Å². The fourth-order valence-corrected chi connectivity index (χ4v) is 10.6. The van der Waals surface area contributed by atoms with Gasteiger partial charge in [0.25, 0.3) is 0 Å². The zero-order valence-electron chi connectivity index (χ0n) is 42.9. The molecule has 0 saturated heterocycles. The van der Waals surface area contributed by atoms with Gasteiger partial charge in [-0.15, -0.1) is 0 Å². The highest BCUT2D eigenvalue weighted by Crippen LogP contribution is 2.49. The quantitative estimate of drug-likeness (QED) is 0.149. The predicted molar refractivity (Wildman–Crippen MR) is 301 cm³/mol. The molecular weight excluding hydrogens is 973 g/mol. The molecule has 1 aromatic heterocycles. The van der Waals surface area contributed by atoms with E-state index in [0.29, 0.717) is 23.1 Å². The van der Waals surface area contributed by atoms with E-state index in [9.17, 15) is 5.26 Å². The summed E-state index contributed by atoms with van der Waals surface area (Å²) in [5.41, 5.74) is 12.2. The van der Waals surface area contributed by atoms with Crippen molar-refractivity contribution in [3.05, 3.63) is 250 Å². The minimum Gasteiger partial charge on any atom is -0.334 e. The molecule has 0 fully saturated rings. The molecule has 9 aromatic carbocycles. The lowest BCUT2D eigenvalue weighted by molar-refractivity contribution is -0.143. The normalized spacial score (nSPS) is 15.1. The number of anilines is 2. The largest absolute Gasteiger partial charge is 0.416 e. The summed E-state index contributed by atoms with van der Waals surface area (Å²) in [6, 6.07) is 57.4. The van der Waals surface area contributed by atoms with E-state index in [2.05, 4.69) is 42.5 Å². The van der Waals surface area contributed by atoms with Gasteiger partial charge in [0.05, 0.1) is 45.2 Å². The third kappa shape index (κ3) is 9.84. The van der Waals surface area contributed by atoms with Crippen LogP contribution in [0.5, 0.6) is 0 Å². The number of nitrogens with zero attached hydrogens (tertiary/aromatic N) is 3. The van der Waals surface area contributed by atoms with Gasteiger partial charge in [0, 0.05) is 28.1 Å². The molecule has 0 bridgehead atoms. The first-order valence-corrected chi connectivity index (χ1v) is 25.5. The number of hydrogen-bond acceptors (Lipinski definition) is 2. The van der Waals surface area contributed by atoms with Gasteiger partial charge in [-0.3, -0.25) is 0 Å². The van der Waals surface area contributed by atoms with Gasteiger partial charge in [-0.25, -0.2) is 0 Å². The fraction of sp³-hybridized carbons (Fsp3) is 0.132. The topological polar surface area (TPSA) is 32.0 Å². The molecule has 0 saturated carbocycles. The summed E-state index contributed by atoms with van der Waals surface area (Å²) in [5.74, 6) is 0. The van der Waals surface area contributed by atoms with E-state index in [0.717, 1.165) is 95.2 Å². The Hall–Kier alpha value is -8.87. The summed E-state index contributed by atoms with van der Waals surface area (Å²) in [7, 11) is 0. The highest BCUT2D eigenvalue weighted by atomic mass is 19.4. The first-order chi connectivity index (χ1) is 36.9. The van der Waals surface area contributed by atoms with Crippen LogP contribution in [0.1, 0.15) is 57.0 Å². The van der Waals surface area contributed by atoms with E-state index in [1.165, 1.54) is 0 Å². The predicted octanol–water partition coefficient (Wildman–Crippen LogP) is 19.3. The molecule has 11 rings (SSSR count). The summed E-state index contributed by atoms with van der Waals surface area (Å²) in [6.45, 7) is 10.0. The molecule has 1 atom stereocenters. The summed E-state index contributed by atoms with van der Waals surface area (Å²) in [4.78, 5) is 1.96. The minimum atomic E-state index is -5.15. The number of nitriles is 1. The zero-order valence-corrected chi connectivity index (χ0v) is 42.9. The molecule has 10 aromatic rings. The van der Waals surface area contributed by atoms with Gasteiger partial charge in [0.15, 0.2) is 0 Å². The Balaban J connectivity index is 1.25. The van der Waals surface area contributed by atoms with E-state index >= 15 is 26.3 Å². The smallest absolute Gasteiger partial charge is 0.334 e. The fourth-order valence-electron chi connectivity index (χ4n) is 10.6. The number of halogens is 6. The Bertz CT molecular complexity index is 3880. The van der Waals surface area contributed by atoms with Crippen LogP contribution in [-0.4, -0.2) is 10.6 Å². The van der Waals surface area contributed by atoms with Gasteiger partial charge in [0.2, 0.25) is 0 Å². The van der Waals surface area contributed by atoms with Crippen molar-refractivity contribution in [3.63, 3.8) is 0 Å². The van der Waals surface area contributed by atoms with Gasteiger partial charge in [-0.05, 0) is 163 Å². The Morgan fingerprint density at radius 1 is 0.455 bits per heavy atom. The van der Waals surface area contributed by atoms with Crippen LogP contribution in [0.4, 0.5) is 37.7 Å². The second kappa shape index (κ2) is 19.7. The van der Waals surface area contributed by atoms with Crippen molar-refractivity contribution in [2.75, 3.05) is 4.90 Å². The molecule has 77 heavy (non-hydrogen) atoms. The average Bonchev–Trinajstić information content (AvgIpc) is 4.02. The number of rotatable bonds is 7. The average molecular weight is 1020 g/mol. The Morgan fingerprint density at radius 3 is 1.35 bits per heavy atom. The van der Waals surface area contributed by atoms with E-state index < -0.39 is 29.5 Å². The molecule has 2 heterocycles. The molecular formula is C68H51F6N3. The summed E-state index contributed by atoms with van der Waals surface area (Å²) >= 11 is 0. The second-order valence-corrected chi connectivity index (χ2v) is 20.2. The monoisotopic (exact) mass is 1020 g/mol. The van der Waals surface area contributed by atoms with Gasteiger partial charge in [-0.1, -0.05) is 156 Å². The number of benzene rings is 9. The first kappa shape index (κ1) is 50.3. The van der Waals surface area contributed by atoms with Crippen LogP contribution < -0.4 is 4.90 Å². The van der Waals surface area contributed by atoms with Crippen LogP contribution in [0.3, 0.4) is 0 Å². The second-order valence-electron chi connectivity index (χ2n) is 20.2. The third-order valence-corrected chi connectivity index (χ3v) is 14.7. The maximum atomic E-state index is 15.2. The maximum absolute atomic E-state index is 15.2. The number of allylic oxidation sites excluding steroid dienone is 3. The van der Waals surface area contributed by atoms with Crippen LogP contribution in [0.25, 0.3) is 77.6 Å². The van der Waals surface area contributed by atoms with E-state index in [1.54, 1.807) is 12.1 Å². The molecule has 9 heteroatoms. The number of aryl methyl sites for hydroxylation is 4. The van der Waals surface area contributed by atoms with E-state index in [1.807, 2.05) is 178 Å². The summed E-state index contributed by atoms with van der Waals surface area (Å²) in [6.07, 6.45) is -3.75. The van der Waals surface area contributed by atoms with E-state index in [-0.39, 0.29) is 34.1 Å².